The highest BCUT2D eigenvalue weighted by molar-refractivity contribution is 5.75. The van der Waals surface area contributed by atoms with Crippen molar-refractivity contribution >= 4 is 6.29 Å². The first kappa shape index (κ1) is 9.76. The summed E-state index contributed by atoms with van der Waals surface area (Å²) >= 11 is 0. The number of aromatic nitrogens is 2. The van der Waals surface area contributed by atoms with Crippen LogP contribution in [0, 0.1) is 6.92 Å². The van der Waals surface area contributed by atoms with Gasteiger partial charge in [0.25, 0.3) is 0 Å². The molecular weight excluding hydrogens is 185 g/mol. The largest absolute Gasteiger partial charge is 0.408 e. The second-order valence-corrected chi connectivity index (χ2v) is 2.60. The molecule has 72 valence electrons. The molecule has 0 aliphatic carbocycles. The lowest BCUT2D eigenvalue weighted by atomic mass is 10.3. The van der Waals surface area contributed by atoms with Crippen molar-refractivity contribution in [2.75, 3.05) is 0 Å². The van der Waals surface area contributed by atoms with E-state index in [-0.39, 0.29) is 5.56 Å². The molecule has 0 bridgehead atoms. The average molecular weight is 192 g/mol. The van der Waals surface area contributed by atoms with E-state index >= 15 is 0 Å². The van der Waals surface area contributed by atoms with Crippen molar-refractivity contribution in [3.63, 3.8) is 0 Å². The molecule has 0 N–H and O–H groups in total. The van der Waals surface area contributed by atoms with Gasteiger partial charge in [-0.25, -0.2) is 0 Å². The Balaban J connectivity index is 2.85. The Hall–Kier alpha value is -1.33. The van der Waals surface area contributed by atoms with Crippen molar-refractivity contribution in [2.24, 2.45) is 0 Å². The summed E-state index contributed by atoms with van der Waals surface area (Å²) < 4.78 is 36.2. The average Bonchev–Trinajstić information content (AvgIpc) is 2.26. The van der Waals surface area contributed by atoms with Crippen molar-refractivity contribution in [3.05, 3.63) is 17.5 Å². The van der Waals surface area contributed by atoms with Crippen LogP contribution in [0.2, 0.25) is 0 Å². The summed E-state index contributed by atoms with van der Waals surface area (Å²) in [6.45, 7) is 0.318. The molecule has 0 unspecified atom stereocenters. The van der Waals surface area contributed by atoms with Gasteiger partial charge in [0, 0.05) is 6.20 Å². The predicted octanol–water partition coefficient (Wildman–Crippen LogP) is 1.57. The minimum atomic E-state index is -4.31. The van der Waals surface area contributed by atoms with Gasteiger partial charge >= 0.3 is 6.18 Å². The molecule has 1 heterocycles. The first-order valence-electron chi connectivity index (χ1n) is 3.48. The Bertz CT molecular complexity index is 316. The van der Waals surface area contributed by atoms with E-state index in [0.717, 1.165) is 6.20 Å². The lowest BCUT2D eigenvalue weighted by Gasteiger charge is -2.04. The van der Waals surface area contributed by atoms with Gasteiger partial charge in [-0.3, -0.25) is 9.48 Å². The molecule has 1 rings (SSSR count). The maximum absolute atomic E-state index is 11.8. The summed E-state index contributed by atoms with van der Waals surface area (Å²) in [6.07, 6.45) is -2.75. The first-order valence-corrected chi connectivity index (χ1v) is 3.48. The number of carbonyl (C=O) groups excluding carboxylic acids is 1. The minimum Gasteiger partial charge on any atom is -0.298 e. The van der Waals surface area contributed by atoms with Gasteiger partial charge in [0.1, 0.15) is 6.54 Å². The lowest BCUT2D eigenvalue weighted by Crippen LogP contribution is -2.17. The second-order valence-electron chi connectivity index (χ2n) is 2.60. The van der Waals surface area contributed by atoms with Crippen LogP contribution in [0.15, 0.2) is 6.20 Å². The third-order valence-corrected chi connectivity index (χ3v) is 1.45. The highest BCUT2D eigenvalue weighted by Gasteiger charge is 2.28. The molecule has 0 radical (unpaired) electrons. The SMILES string of the molecule is Cc1nn(CC(F)(F)F)cc1C=O. The summed E-state index contributed by atoms with van der Waals surface area (Å²) in [5.41, 5.74) is 0.489. The van der Waals surface area contributed by atoms with Crippen LogP contribution in [-0.2, 0) is 6.54 Å². The van der Waals surface area contributed by atoms with E-state index in [1.807, 2.05) is 0 Å². The second kappa shape index (κ2) is 3.20. The zero-order valence-corrected chi connectivity index (χ0v) is 6.80. The fourth-order valence-electron chi connectivity index (χ4n) is 0.914. The van der Waals surface area contributed by atoms with Gasteiger partial charge in [0.2, 0.25) is 0 Å². The first-order chi connectivity index (χ1) is 5.92. The fraction of sp³-hybridized carbons (Fsp3) is 0.429. The molecule has 1 aromatic rings. The molecule has 1 aromatic heterocycles. The molecule has 0 saturated heterocycles. The Morgan fingerprint density at radius 3 is 2.62 bits per heavy atom. The molecule has 0 fully saturated rings. The van der Waals surface area contributed by atoms with Crippen LogP contribution in [0.5, 0.6) is 0 Å². The van der Waals surface area contributed by atoms with Gasteiger partial charge in [-0.05, 0) is 6.92 Å². The van der Waals surface area contributed by atoms with E-state index in [9.17, 15) is 18.0 Å². The maximum atomic E-state index is 11.8. The van der Waals surface area contributed by atoms with Gasteiger partial charge in [-0.2, -0.15) is 18.3 Å². The summed E-state index contributed by atoms with van der Waals surface area (Å²) in [5.74, 6) is 0. The quantitative estimate of drug-likeness (QED) is 0.666. The molecule has 0 saturated carbocycles. The van der Waals surface area contributed by atoms with Gasteiger partial charge in [0.15, 0.2) is 6.29 Å². The molecule has 0 spiro atoms. The van der Waals surface area contributed by atoms with Gasteiger partial charge in [-0.15, -0.1) is 0 Å². The van der Waals surface area contributed by atoms with Crippen molar-refractivity contribution in [1.82, 2.24) is 9.78 Å². The van der Waals surface area contributed by atoms with Gasteiger partial charge < -0.3 is 0 Å². The molecule has 6 heteroatoms. The summed E-state index contributed by atoms with van der Waals surface area (Å²) in [5, 5.41) is 3.53. The number of halogens is 3. The molecule has 0 aliphatic heterocycles. The zero-order chi connectivity index (χ0) is 10.1. The standard InChI is InChI=1S/C7H7F3N2O/c1-5-6(3-13)2-12(11-5)4-7(8,9)10/h2-3H,4H2,1H3. The molecule has 0 amide bonds. The van der Waals surface area contributed by atoms with Crippen molar-refractivity contribution in [1.29, 1.82) is 0 Å². The van der Waals surface area contributed by atoms with E-state index in [4.69, 9.17) is 0 Å². The number of aldehydes is 1. The number of hydrogen-bond donors (Lipinski definition) is 0. The number of nitrogens with zero attached hydrogens (tertiary/aromatic N) is 2. The Labute approximate surface area is 72.2 Å². The van der Waals surface area contributed by atoms with E-state index in [1.54, 1.807) is 0 Å². The van der Waals surface area contributed by atoms with Crippen LogP contribution in [0.4, 0.5) is 13.2 Å². The van der Waals surface area contributed by atoms with Crippen LogP contribution in [0.3, 0.4) is 0 Å². The van der Waals surface area contributed by atoms with Crippen molar-refractivity contribution in [3.8, 4) is 0 Å². The fourth-order valence-corrected chi connectivity index (χ4v) is 0.914. The third kappa shape index (κ3) is 2.57. The van der Waals surface area contributed by atoms with E-state index in [2.05, 4.69) is 5.10 Å². The number of rotatable bonds is 2. The van der Waals surface area contributed by atoms with Crippen LogP contribution in [0.1, 0.15) is 16.1 Å². The summed E-state index contributed by atoms with van der Waals surface area (Å²) in [7, 11) is 0. The summed E-state index contributed by atoms with van der Waals surface area (Å²) in [4.78, 5) is 10.3. The van der Waals surface area contributed by atoms with Gasteiger partial charge in [-0.1, -0.05) is 0 Å². The summed E-state index contributed by atoms with van der Waals surface area (Å²) in [6, 6.07) is 0. The van der Waals surface area contributed by atoms with E-state index < -0.39 is 12.7 Å². The molecule has 0 aromatic carbocycles. The van der Waals surface area contributed by atoms with Crippen molar-refractivity contribution in [2.45, 2.75) is 19.6 Å². The van der Waals surface area contributed by atoms with Crippen LogP contribution in [0.25, 0.3) is 0 Å². The topological polar surface area (TPSA) is 34.9 Å². The normalized spacial score (nSPS) is 11.7. The Kier molecular flexibility index (Phi) is 2.40. The maximum Gasteiger partial charge on any atom is 0.408 e. The predicted molar refractivity (Wildman–Crippen MR) is 38.4 cm³/mol. The third-order valence-electron chi connectivity index (χ3n) is 1.45. The zero-order valence-electron chi connectivity index (χ0n) is 6.80. The lowest BCUT2D eigenvalue weighted by molar-refractivity contribution is -0.142. The number of aryl methyl sites for hydroxylation is 1. The Morgan fingerprint density at radius 2 is 2.23 bits per heavy atom. The van der Waals surface area contributed by atoms with Crippen LogP contribution >= 0.6 is 0 Å². The number of alkyl halides is 3. The van der Waals surface area contributed by atoms with Crippen molar-refractivity contribution < 1.29 is 18.0 Å². The number of carbonyl (C=O) groups is 1. The van der Waals surface area contributed by atoms with Crippen LogP contribution in [-0.4, -0.2) is 22.2 Å². The van der Waals surface area contributed by atoms with Gasteiger partial charge in [0.05, 0.1) is 11.3 Å². The molecule has 3 nitrogen and oxygen atoms in total. The monoisotopic (exact) mass is 192 g/mol. The van der Waals surface area contributed by atoms with Crippen LogP contribution < -0.4 is 0 Å². The molecule has 13 heavy (non-hydrogen) atoms. The van der Waals surface area contributed by atoms with E-state index in [0.29, 0.717) is 16.7 Å². The molecule has 0 atom stereocenters. The molecule has 0 aliphatic rings. The molecular formula is C7H7F3N2O. The van der Waals surface area contributed by atoms with E-state index in [1.165, 1.54) is 6.92 Å². The smallest absolute Gasteiger partial charge is 0.298 e. The number of hydrogen-bond acceptors (Lipinski definition) is 2. The minimum absolute atomic E-state index is 0.184. The highest BCUT2D eigenvalue weighted by atomic mass is 19.4. The Morgan fingerprint density at radius 1 is 1.62 bits per heavy atom. The highest BCUT2D eigenvalue weighted by Crippen LogP contribution is 2.17.